The van der Waals surface area contributed by atoms with Crippen LogP contribution in [0.5, 0.6) is 0 Å². The summed E-state index contributed by atoms with van der Waals surface area (Å²) in [6.45, 7) is 5.98. The number of esters is 1. The van der Waals surface area contributed by atoms with E-state index in [0.29, 0.717) is 44.7 Å². The molecule has 0 bridgehead atoms. The fourth-order valence-electron chi connectivity index (χ4n) is 3.67. The number of carbonyl (C=O) groups excluding carboxylic acids is 2. The zero-order valence-corrected chi connectivity index (χ0v) is 18.5. The Morgan fingerprint density at radius 3 is 2.88 bits per heavy atom. The van der Waals surface area contributed by atoms with E-state index < -0.39 is 23.2 Å². The molecule has 0 fully saturated rings. The number of amides is 1. The minimum Gasteiger partial charge on any atom is -0.462 e. The molecule has 1 aromatic carbocycles. The predicted octanol–water partition coefficient (Wildman–Crippen LogP) is 3.30. The third-order valence-electron chi connectivity index (χ3n) is 5.28. The molecule has 0 saturated carbocycles. The van der Waals surface area contributed by atoms with Crippen molar-refractivity contribution in [2.75, 3.05) is 26.4 Å². The van der Waals surface area contributed by atoms with E-state index in [2.05, 4.69) is 10.4 Å². The van der Waals surface area contributed by atoms with E-state index in [-0.39, 0.29) is 18.4 Å². The van der Waals surface area contributed by atoms with Crippen LogP contribution in [0.2, 0.25) is 0 Å². The van der Waals surface area contributed by atoms with E-state index in [1.54, 1.807) is 4.68 Å². The number of carbonyl (C=O) groups is 2. The lowest BCUT2D eigenvalue weighted by Crippen LogP contribution is -2.27. The van der Waals surface area contributed by atoms with Gasteiger partial charge in [0.2, 0.25) is 0 Å². The van der Waals surface area contributed by atoms with Crippen molar-refractivity contribution in [3.8, 4) is 0 Å². The summed E-state index contributed by atoms with van der Waals surface area (Å²) >= 11 is 0. The summed E-state index contributed by atoms with van der Waals surface area (Å²) in [5.41, 5.74) is 1.73. The lowest BCUT2D eigenvalue weighted by molar-refractivity contribution is 0.0429. The lowest BCUT2D eigenvalue weighted by Gasteiger charge is -2.15. The number of halogens is 2. The van der Waals surface area contributed by atoms with Gasteiger partial charge >= 0.3 is 5.97 Å². The molecule has 0 radical (unpaired) electrons. The van der Waals surface area contributed by atoms with Gasteiger partial charge in [-0.1, -0.05) is 13.8 Å². The average Bonchev–Trinajstić information content (AvgIpc) is 3.10. The van der Waals surface area contributed by atoms with Crippen molar-refractivity contribution >= 4 is 11.9 Å². The Morgan fingerprint density at radius 1 is 1.31 bits per heavy atom. The number of benzene rings is 1. The van der Waals surface area contributed by atoms with E-state index in [1.807, 2.05) is 13.8 Å². The first-order chi connectivity index (χ1) is 15.4. The van der Waals surface area contributed by atoms with Crippen molar-refractivity contribution in [1.29, 1.82) is 0 Å². The van der Waals surface area contributed by atoms with Crippen LogP contribution >= 0.6 is 0 Å². The highest BCUT2D eigenvalue weighted by molar-refractivity contribution is 5.96. The van der Waals surface area contributed by atoms with Crippen LogP contribution in [0.1, 0.15) is 58.8 Å². The Hall–Kier alpha value is -2.81. The Labute approximate surface area is 186 Å². The standard InChI is InChI=1S/C23H29F2N3O4/c1-3-19-21-20(6-4-10-31-11-5-9-26-22(21)29)28(27-19)13-15(2)14-32-23(30)17-12-16(24)7-8-18(17)25/h7-8,12,15H,3-6,9-11,13-14H2,1-2H3,(H,26,29)/t15-/m1/s1. The molecule has 1 aliphatic heterocycles. The molecule has 32 heavy (non-hydrogen) atoms. The number of aryl methyl sites for hydroxylation is 1. The highest BCUT2D eigenvalue weighted by atomic mass is 19.1. The van der Waals surface area contributed by atoms with Crippen LogP contribution in [0.4, 0.5) is 8.78 Å². The molecule has 1 atom stereocenters. The molecule has 0 spiro atoms. The molecule has 1 aromatic heterocycles. The second-order valence-electron chi connectivity index (χ2n) is 7.96. The summed E-state index contributed by atoms with van der Waals surface area (Å²) in [5, 5.41) is 7.58. The Bertz CT molecular complexity index is 961. The molecule has 1 N–H and O–H groups in total. The zero-order valence-electron chi connectivity index (χ0n) is 18.5. The predicted molar refractivity (Wildman–Crippen MR) is 113 cm³/mol. The second kappa shape index (κ2) is 11.2. The quantitative estimate of drug-likeness (QED) is 0.685. The molecular weight excluding hydrogens is 420 g/mol. The number of aromatic nitrogens is 2. The summed E-state index contributed by atoms with van der Waals surface area (Å²) < 4.78 is 39.7. The van der Waals surface area contributed by atoms with Crippen molar-refractivity contribution in [2.24, 2.45) is 5.92 Å². The molecule has 0 saturated heterocycles. The number of nitrogens with one attached hydrogen (secondary N) is 1. The van der Waals surface area contributed by atoms with Gasteiger partial charge in [0.1, 0.15) is 11.6 Å². The van der Waals surface area contributed by atoms with Crippen LogP contribution in [0.25, 0.3) is 0 Å². The van der Waals surface area contributed by atoms with E-state index in [1.165, 1.54) is 0 Å². The second-order valence-corrected chi connectivity index (χ2v) is 7.96. The number of ether oxygens (including phenoxy) is 2. The smallest absolute Gasteiger partial charge is 0.341 e. The van der Waals surface area contributed by atoms with E-state index >= 15 is 0 Å². The number of hydrogen-bond donors (Lipinski definition) is 1. The zero-order chi connectivity index (χ0) is 23.1. The van der Waals surface area contributed by atoms with Crippen molar-refractivity contribution in [3.05, 3.63) is 52.3 Å². The highest BCUT2D eigenvalue weighted by Crippen LogP contribution is 2.20. The summed E-state index contributed by atoms with van der Waals surface area (Å²) in [7, 11) is 0. The normalized spacial score (nSPS) is 15.9. The molecule has 2 heterocycles. The first-order valence-electron chi connectivity index (χ1n) is 11.0. The van der Waals surface area contributed by atoms with Gasteiger partial charge in [-0.15, -0.1) is 0 Å². The van der Waals surface area contributed by atoms with Gasteiger partial charge in [0.25, 0.3) is 5.91 Å². The van der Waals surface area contributed by atoms with Crippen molar-refractivity contribution in [3.63, 3.8) is 0 Å². The summed E-state index contributed by atoms with van der Waals surface area (Å²) in [5.74, 6) is -2.76. The maximum absolute atomic E-state index is 13.8. The fraction of sp³-hybridized carbons (Fsp3) is 0.522. The van der Waals surface area contributed by atoms with Gasteiger partial charge in [-0.2, -0.15) is 5.10 Å². The minimum atomic E-state index is -0.917. The van der Waals surface area contributed by atoms with Gasteiger partial charge in [0, 0.05) is 32.2 Å². The molecular formula is C23H29F2N3O4. The number of fused-ring (bicyclic) bond motifs is 1. The van der Waals surface area contributed by atoms with Gasteiger partial charge in [-0.25, -0.2) is 13.6 Å². The number of rotatable bonds is 6. The van der Waals surface area contributed by atoms with E-state index in [4.69, 9.17) is 9.47 Å². The monoisotopic (exact) mass is 449 g/mol. The van der Waals surface area contributed by atoms with Crippen LogP contribution in [-0.4, -0.2) is 48.0 Å². The molecule has 174 valence electrons. The summed E-state index contributed by atoms with van der Waals surface area (Å²) in [6.07, 6.45) is 2.76. The van der Waals surface area contributed by atoms with E-state index in [0.717, 1.165) is 42.4 Å². The Balaban J connectivity index is 1.72. The van der Waals surface area contributed by atoms with Crippen molar-refractivity contribution < 1.29 is 27.8 Å². The third-order valence-corrected chi connectivity index (χ3v) is 5.28. The first-order valence-corrected chi connectivity index (χ1v) is 11.0. The largest absolute Gasteiger partial charge is 0.462 e. The molecule has 1 amide bonds. The summed E-state index contributed by atoms with van der Waals surface area (Å²) in [6, 6.07) is 2.66. The van der Waals surface area contributed by atoms with Gasteiger partial charge in [-0.05, 0) is 43.9 Å². The molecule has 3 rings (SSSR count). The maximum atomic E-state index is 13.8. The third kappa shape index (κ3) is 5.91. The SMILES string of the molecule is CCc1nn(C[C@@H](C)COC(=O)c2cc(F)ccc2F)c2c1C(=O)NCCCOCCC2. The summed E-state index contributed by atoms with van der Waals surface area (Å²) in [4.78, 5) is 25.0. The average molecular weight is 449 g/mol. The number of nitrogens with zero attached hydrogens (tertiary/aromatic N) is 2. The van der Waals surface area contributed by atoms with Crippen LogP contribution < -0.4 is 5.32 Å². The van der Waals surface area contributed by atoms with Gasteiger partial charge in [0.15, 0.2) is 0 Å². The van der Waals surface area contributed by atoms with Gasteiger partial charge in [-0.3, -0.25) is 9.48 Å². The topological polar surface area (TPSA) is 82.5 Å². The van der Waals surface area contributed by atoms with Crippen LogP contribution in [-0.2, 0) is 28.9 Å². The first kappa shape index (κ1) is 23.8. The van der Waals surface area contributed by atoms with Gasteiger partial charge in [0.05, 0.1) is 29.1 Å². The molecule has 2 aromatic rings. The van der Waals surface area contributed by atoms with Crippen LogP contribution in [0.3, 0.4) is 0 Å². The molecule has 9 heteroatoms. The molecule has 7 nitrogen and oxygen atoms in total. The van der Waals surface area contributed by atoms with Crippen LogP contribution in [0.15, 0.2) is 18.2 Å². The lowest BCUT2D eigenvalue weighted by atomic mass is 10.1. The van der Waals surface area contributed by atoms with Gasteiger partial charge < -0.3 is 14.8 Å². The Kier molecular flexibility index (Phi) is 8.33. The minimum absolute atomic E-state index is 0.000184. The molecule has 1 aliphatic rings. The Morgan fingerprint density at radius 2 is 2.09 bits per heavy atom. The molecule has 0 unspecified atom stereocenters. The fourth-order valence-corrected chi connectivity index (χ4v) is 3.67. The van der Waals surface area contributed by atoms with Crippen LogP contribution in [0, 0.1) is 17.6 Å². The molecule has 0 aliphatic carbocycles. The maximum Gasteiger partial charge on any atom is 0.341 e. The number of hydrogen-bond acceptors (Lipinski definition) is 5. The highest BCUT2D eigenvalue weighted by Gasteiger charge is 2.24. The van der Waals surface area contributed by atoms with Crippen molar-refractivity contribution in [1.82, 2.24) is 15.1 Å². The van der Waals surface area contributed by atoms with E-state index in [9.17, 15) is 18.4 Å². The van der Waals surface area contributed by atoms with Crippen molar-refractivity contribution in [2.45, 2.75) is 46.1 Å².